The standard InChI is InChI=1S/C13H28N2O/c1-11(14-4)13(2,3)10-15(8-9-16-5)12-6-7-12/h11-12,14H,6-10H2,1-5H3. The highest BCUT2D eigenvalue weighted by atomic mass is 16.5. The lowest BCUT2D eigenvalue weighted by molar-refractivity contribution is 0.0992. The third-order valence-electron chi connectivity index (χ3n) is 3.86. The van der Waals surface area contributed by atoms with Crippen LogP contribution < -0.4 is 5.32 Å². The molecule has 0 aromatic rings. The van der Waals surface area contributed by atoms with Crippen molar-refractivity contribution < 1.29 is 4.74 Å². The molecule has 0 spiro atoms. The van der Waals surface area contributed by atoms with E-state index in [1.54, 1.807) is 7.11 Å². The molecule has 1 aliphatic rings. The van der Waals surface area contributed by atoms with Gasteiger partial charge in [-0.05, 0) is 32.2 Å². The van der Waals surface area contributed by atoms with Gasteiger partial charge in [-0.3, -0.25) is 4.90 Å². The first-order valence-electron chi connectivity index (χ1n) is 6.41. The Morgan fingerprint density at radius 2 is 2.06 bits per heavy atom. The second-order valence-electron chi connectivity index (χ2n) is 5.69. The zero-order chi connectivity index (χ0) is 12.2. The van der Waals surface area contributed by atoms with Gasteiger partial charge in [0.2, 0.25) is 0 Å². The normalized spacial score (nSPS) is 19.1. The summed E-state index contributed by atoms with van der Waals surface area (Å²) in [7, 11) is 3.83. The Kier molecular flexibility index (Phi) is 5.22. The van der Waals surface area contributed by atoms with Gasteiger partial charge in [-0.15, -0.1) is 0 Å². The number of hydrogen-bond donors (Lipinski definition) is 1. The van der Waals surface area contributed by atoms with E-state index in [0.717, 1.165) is 25.7 Å². The van der Waals surface area contributed by atoms with Crippen LogP contribution in [0.1, 0.15) is 33.6 Å². The van der Waals surface area contributed by atoms with Crippen molar-refractivity contribution in [2.75, 3.05) is 33.9 Å². The lowest BCUT2D eigenvalue weighted by Gasteiger charge is -2.37. The van der Waals surface area contributed by atoms with Crippen molar-refractivity contribution in [1.82, 2.24) is 10.2 Å². The summed E-state index contributed by atoms with van der Waals surface area (Å²) in [6.07, 6.45) is 2.74. The molecule has 96 valence electrons. The summed E-state index contributed by atoms with van der Waals surface area (Å²) >= 11 is 0. The Bertz CT molecular complexity index is 202. The first-order valence-corrected chi connectivity index (χ1v) is 6.41. The first-order chi connectivity index (χ1) is 7.51. The number of nitrogens with zero attached hydrogens (tertiary/aromatic N) is 1. The summed E-state index contributed by atoms with van der Waals surface area (Å²) < 4.78 is 5.19. The molecule has 1 N–H and O–H groups in total. The molecule has 0 saturated heterocycles. The highest BCUT2D eigenvalue weighted by Gasteiger charge is 2.34. The van der Waals surface area contributed by atoms with E-state index in [1.807, 2.05) is 7.05 Å². The Labute approximate surface area is 101 Å². The quantitative estimate of drug-likeness (QED) is 0.685. The van der Waals surface area contributed by atoms with Crippen LogP contribution >= 0.6 is 0 Å². The van der Waals surface area contributed by atoms with E-state index < -0.39 is 0 Å². The molecule has 0 heterocycles. The van der Waals surface area contributed by atoms with Crippen molar-refractivity contribution in [2.24, 2.45) is 5.41 Å². The van der Waals surface area contributed by atoms with Gasteiger partial charge in [0.1, 0.15) is 0 Å². The molecule has 16 heavy (non-hydrogen) atoms. The predicted molar refractivity (Wildman–Crippen MR) is 68.8 cm³/mol. The Hall–Kier alpha value is -0.120. The summed E-state index contributed by atoms with van der Waals surface area (Å²) in [5, 5.41) is 3.37. The lowest BCUT2D eigenvalue weighted by atomic mass is 9.84. The van der Waals surface area contributed by atoms with Gasteiger partial charge in [0.25, 0.3) is 0 Å². The fourth-order valence-electron chi connectivity index (χ4n) is 2.09. The number of rotatable bonds is 8. The molecule has 1 rings (SSSR count). The number of ether oxygens (including phenoxy) is 1. The van der Waals surface area contributed by atoms with E-state index in [1.165, 1.54) is 12.8 Å². The fraction of sp³-hybridized carbons (Fsp3) is 1.00. The molecule has 0 bridgehead atoms. The molecule has 0 aliphatic heterocycles. The maximum absolute atomic E-state index is 5.19. The van der Waals surface area contributed by atoms with Gasteiger partial charge < -0.3 is 10.1 Å². The van der Waals surface area contributed by atoms with Gasteiger partial charge in [0.15, 0.2) is 0 Å². The summed E-state index contributed by atoms with van der Waals surface area (Å²) in [5.41, 5.74) is 0.311. The molecule has 3 heteroatoms. The van der Waals surface area contributed by atoms with Crippen molar-refractivity contribution >= 4 is 0 Å². The average Bonchev–Trinajstić information content (AvgIpc) is 3.06. The average molecular weight is 228 g/mol. The summed E-state index contributed by atoms with van der Waals surface area (Å²) in [6.45, 7) is 10.0. The van der Waals surface area contributed by atoms with Crippen LogP contribution in [0.3, 0.4) is 0 Å². The minimum atomic E-state index is 0.311. The van der Waals surface area contributed by atoms with Crippen LogP contribution in [0, 0.1) is 5.41 Å². The van der Waals surface area contributed by atoms with Gasteiger partial charge >= 0.3 is 0 Å². The third-order valence-corrected chi connectivity index (χ3v) is 3.86. The van der Waals surface area contributed by atoms with Crippen molar-refractivity contribution in [3.63, 3.8) is 0 Å². The number of nitrogens with one attached hydrogen (secondary N) is 1. The number of methoxy groups -OCH3 is 1. The van der Waals surface area contributed by atoms with E-state index in [4.69, 9.17) is 4.74 Å². The van der Waals surface area contributed by atoms with Gasteiger partial charge in [0.05, 0.1) is 6.61 Å². The Morgan fingerprint density at radius 1 is 1.44 bits per heavy atom. The highest BCUT2D eigenvalue weighted by molar-refractivity contribution is 4.90. The van der Waals surface area contributed by atoms with Crippen LogP contribution in [0.25, 0.3) is 0 Å². The lowest BCUT2D eigenvalue weighted by Crippen LogP contribution is -2.47. The molecule has 0 aromatic heterocycles. The summed E-state index contributed by atoms with van der Waals surface area (Å²) in [5.74, 6) is 0. The van der Waals surface area contributed by atoms with Gasteiger partial charge in [0, 0.05) is 32.3 Å². The molecule has 0 radical (unpaired) electrons. The van der Waals surface area contributed by atoms with Crippen molar-refractivity contribution in [3.8, 4) is 0 Å². The zero-order valence-electron chi connectivity index (χ0n) is 11.5. The zero-order valence-corrected chi connectivity index (χ0v) is 11.5. The third kappa shape index (κ3) is 4.04. The molecule has 3 nitrogen and oxygen atoms in total. The van der Waals surface area contributed by atoms with Crippen molar-refractivity contribution in [1.29, 1.82) is 0 Å². The molecule has 1 fully saturated rings. The fourth-order valence-corrected chi connectivity index (χ4v) is 2.09. The second-order valence-corrected chi connectivity index (χ2v) is 5.69. The SMILES string of the molecule is CNC(C)C(C)(C)CN(CCOC)C1CC1. The van der Waals surface area contributed by atoms with Crippen LogP contribution in [-0.2, 0) is 4.74 Å². The van der Waals surface area contributed by atoms with Crippen molar-refractivity contribution in [2.45, 2.75) is 45.7 Å². The van der Waals surface area contributed by atoms with Gasteiger partial charge in [-0.2, -0.15) is 0 Å². The topological polar surface area (TPSA) is 24.5 Å². The maximum atomic E-state index is 5.19. The minimum absolute atomic E-state index is 0.311. The monoisotopic (exact) mass is 228 g/mol. The van der Waals surface area contributed by atoms with Crippen LogP contribution in [0.4, 0.5) is 0 Å². The molecular formula is C13H28N2O. The van der Waals surface area contributed by atoms with E-state index in [0.29, 0.717) is 11.5 Å². The summed E-state index contributed by atoms with van der Waals surface area (Å²) in [4.78, 5) is 2.59. The van der Waals surface area contributed by atoms with Crippen LogP contribution in [-0.4, -0.2) is 50.8 Å². The largest absolute Gasteiger partial charge is 0.383 e. The predicted octanol–water partition coefficient (Wildman–Crippen LogP) is 1.73. The summed E-state index contributed by atoms with van der Waals surface area (Å²) in [6, 6.07) is 1.36. The van der Waals surface area contributed by atoms with E-state index in [9.17, 15) is 0 Å². The molecule has 1 unspecified atom stereocenters. The smallest absolute Gasteiger partial charge is 0.0589 e. The van der Waals surface area contributed by atoms with Crippen molar-refractivity contribution in [3.05, 3.63) is 0 Å². The molecule has 0 aromatic carbocycles. The van der Waals surface area contributed by atoms with E-state index in [-0.39, 0.29) is 0 Å². The van der Waals surface area contributed by atoms with E-state index in [2.05, 4.69) is 31.0 Å². The minimum Gasteiger partial charge on any atom is -0.383 e. The Morgan fingerprint density at radius 3 is 2.50 bits per heavy atom. The van der Waals surface area contributed by atoms with Crippen LogP contribution in [0.2, 0.25) is 0 Å². The first kappa shape index (κ1) is 13.9. The second kappa shape index (κ2) is 5.99. The highest BCUT2D eigenvalue weighted by Crippen LogP contribution is 2.31. The molecule has 0 amide bonds. The maximum Gasteiger partial charge on any atom is 0.0589 e. The number of hydrogen-bond acceptors (Lipinski definition) is 3. The molecule has 1 atom stereocenters. The van der Waals surface area contributed by atoms with Gasteiger partial charge in [-0.1, -0.05) is 13.8 Å². The van der Waals surface area contributed by atoms with E-state index >= 15 is 0 Å². The molecule has 1 aliphatic carbocycles. The molecule has 1 saturated carbocycles. The van der Waals surface area contributed by atoms with Crippen LogP contribution in [0.5, 0.6) is 0 Å². The Balaban J connectivity index is 2.46. The van der Waals surface area contributed by atoms with Crippen LogP contribution in [0.15, 0.2) is 0 Å². The molecular weight excluding hydrogens is 200 g/mol. The van der Waals surface area contributed by atoms with Gasteiger partial charge in [-0.25, -0.2) is 0 Å².